The topological polar surface area (TPSA) is 51.5 Å². The van der Waals surface area contributed by atoms with Gasteiger partial charge in [-0.15, -0.1) is 0 Å². The lowest BCUT2D eigenvalue weighted by atomic mass is 9.91. The Morgan fingerprint density at radius 2 is 2.08 bits per heavy atom. The highest BCUT2D eigenvalue weighted by Gasteiger charge is 2.60. The zero-order valence-corrected chi connectivity index (χ0v) is 13.5. The number of anilines is 1. The summed E-state index contributed by atoms with van der Waals surface area (Å²) in [6, 6.07) is 6.65. The van der Waals surface area contributed by atoms with Gasteiger partial charge in [-0.2, -0.15) is 13.2 Å². The summed E-state index contributed by atoms with van der Waals surface area (Å²) in [5.74, 6) is 3.75. The summed E-state index contributed by atoms with van der Waals surface area (Å²) in [5, 5.41) is 2.46. The Balaban J connectivity index is 2.28. The van der Waals surface area contributed by atoms with Crippen molar-refractivity contribution in [1.29, 1.82) is 0 Å². The van der Waals surface area contributed by atoms with Crippen LogP contribution in [0.5, 0.6) is 0 Å². The molecule has 1 N–H and O–H groups in total. The van der Waals surface area contributed by atoms with E-state index >= 15 is 0 Å². The van der Waals surface area contributed by atoms with Crippen LogP contribution in [0.15, 0.2) is 41.0 Å². The zero-order chi connectivity index (χ0) is 18.2. The molecule has 0 saturated heterocycles. The quantitative estimate of drug-likeness (QED) is 0.711. The minimum Gasteiger partial charge on any atom is -0.456 e. The molecule has 4 nitrogen and oxygen atoms in total. The van der Waals surface area contributed by atoms with E-state index in [1.165, 1.54) is 37.5 Å². The number of fused-ring (bicyclic) bond motifs is 1. The number of ether oxygens (including phenoxy) is 1. The Bertz CT molecular complexity index is 867. The molecule has 130 valence electrons. The molecule has 0 radical (unpaired) electrons. The van der Waals surface area contributed by atoms with Gasteiger partial charge in [0.2, 0.25) is 0 Å². The van der Waals surface area contributed by atoms with Crippen molar-refractivity contribution in [2.24, 2.45) is 0 Å². The number of benzene rings is 1. The highest BCUT2D eigenvalue weighted by Crippen LogP contribution is 2.47. The molecule has 8 heteroatoms. The number of nitrogens with one attached hydrogen (secondary N) is 1. The second-order valence-corrected chi connectivity index (χ2v) is 5.78. The van der Waals surface area contributed by atoms with Crippen molar-refractivity contribution in [3.8, 4) is 11.8 Å². The Hall–Kier alpha value is -2.43. The van der Waals surface area contributed by atoms with Gasteiger partial charge in [-0.3, -0.25) is 4.79 Å². The van der Waals surface area contributed by atoms with Crippen LogP contribution < -0.4 is 5.32 Å². The monoisotopic (exact) mass is 369 g/mol. The lowest BCUT2D eigenvalue weighted by molar-refractivity contribution is -0.266. The first-order valence-corrected chi connectivity index (χ1v) is 7.53. The van der Waals surface area contributed by atoms with E-state index in [1.54, 1.807) is 0 Å². The van der Waals surface area contributed by atoms with Gasteiger partial charge in [-0.25, -0.2) is 0 Å². The van der Waals surface area contributed by atoms with Crippen LogP contribution in [-0.2, 0) is 15.1 Å². The van der Waals surface area contributed by atoms with Crippen LogP contribution in [0.3, 0.4) is 0 Å². The van der Waals surface area contributed by atoms with Gasteiger partial charge in [0.15, 0.2) is 5.76 Å². The fourth-order valence-electron chi connectivity index (χ4n) is 2.42. The maximum Gasteiger partial charge on any atom is 0.433 e. The molecule has 2 heterocycles. The van der Waals surface area contributed by atoms with Crippen LogP contribution >= 0.6 is 11.6 Å². The molecule has 1 aromatic carbocycles. The van der Waals surface area contributed by atoms with E-state index in [2.05, 4.69) is 17.2 Å². The van der Waals surface area contributed by atoms with Crippen molar-refractivity contribution in [3.63, 3.8) is 0 Å². The summed E-state index contributed by atoms with van der Waals surface area (Å²) in [5.41, 5.74) is -3.49. The normalized spacial score (nSPS) is 23.1. The molecule has 2 unspecified atom stereocenters. The lowest BCUT2D eigenvalue weighted by Gasteiger charge is -2.32. The average Bonchev–Trinajstić information content (AvgIpc) is 3.01. The molecule has 0 spiro atoms. The van der Waals surface area contributed by atoms with Gasteiger partial charge in [-0.05, 0) is 49.1 Å². The third-order valence-electron chi connectivity index (χ3n) is 3.62. The van der Waals surface area contributed by atoms with Crippen LogP contribution in [0.4, 0.5) is 18.9 Å². The fraction of sp³-hybridized carbons (Fsp3) is 0.235. The second kappa shape index (κ2) is 6.14. The Kier molecular flexibility index (Phi) is 4.27. The van der Waals surface area contributed by atoms with Crippen molar-refractivity contribution in [2.45, 2.75) is 24.8 Å². The van der Waals surface area contributed by atoms with Crippen LogP contribution in [-0.4, -0.2) is 18.2 Å². The summed E-state index contributed by atoms with van der Waals surface area (Å²) in [7, 11) is 0. The molecule has 3 rings (SSSR count). The van der Waals surface area contributed by atoms with Crippen LogP contribution in [0, 0.1) is 11.8 Å². The maximum atomic E-state index is 14.1. The molecule has 0 saturated carbocycles. The molecule has 1 amide bonds. The van der Waals surface area contributed by atoms with E-state index in [0.29, 0.717) is 0 Å². The minimum absolute atomic E-state index is 0.0342. The Morgan fingerprint density at radius 1 is 1.32 bits per heavy atom. The third-order valence-corrected chi connectivity index (χ3v) is 3.86. The number of alkyl halides is 3. The number of carbonyl (C=O) groups excluding carboxylic acids is 1. The molecule has 0 bridgehead atoms. The lowest BCUT2D eigenvalue weighted by Crippen LogP contribution is -2.46. The predicted octanol–water partition coefficient (Wildman–Crippen LogP) is 4.10. The highest BCUT2D eigenvalue weighted by molar-refractivity contribution is 6.30. The van der Waals surface area contributed by atoms with Gasteiger partial charge in [0.1, 0.15) is 6.10 Å². The van der Waals surface area contributed by atoms with Gasteiger partial charge in [0.25, 0.3) is 11.5 Å². The standard InChI is InChI=1S/C17H11ClF3NO3/c1-10-15(23)22-14-5-4-11(18)9-13(14)16(25-10,17(19,20)21)7-6-12-3-2-8-24-12/h2-5,8-10H,1H3,(H,22,23). The fourth-order valence-corrected chi connectivity index (χ4v) is 2.59. The van der Waals surface area contributed by atoms with Crippen molar-refractivity contribution in [3.05, 3.63) is 52.9 Å². The maximum absolute atomic E-state index is 14.1. The molecule has 0 aliphatic carbocycles. The van der Waals surface area contributed by atoms with Gasteiger partial charge in [0, 0.05) is 16.3 Å². The predicted molar refractivity (Wildman–Crippen MR) is 83.9 cm³/mol. The highest BCUT2D eigenvalue weighted by atomic mass is 35.5. The molecular formula is C17H11ClF3NO3. The van der Waals surface area contributed by atoms with E-state index in [-0.39, 0.29) is 22.0 Å². The van der Waals surface area contributed by atoms with Gasteiger partial charge in [0.05, 0.1) is 6.26 Å². The van der Waals surface area contributed by atoms with E-state index < -0.39 is 23.8 Å². The van der Waals surface area contributed by atoms with Crippen LogP contribution in [0.2, 0.25) is 5.02 Å². The van der Waals surface area contributed by atoms with Gasteiger partial charge >= 0.3 is 6.18 Å². The zero-order valence-electron chi connectivity index (χ0n) is 12.8. The summed E-state index contributed by atoms with van der Waals surface area (Å²) in [6.07, 6.45) is -5.04. The molecule has 25 heavy (non-hydrogen) atoms. The first-order valence-electron chi connectivity index (χ1n) is 7.15. The molecule has 2 aromatic rings. The molecule has 1 aromatic heterocycles. The summed E-state index contributed by atoms with van der Waals surface area (Å²) < 4.78 is 52.3. The van der Waals surface area contributed by atoms with E-state index in [1.807, 2.05) is 0 Å². The largest absolute Gasteiger partial charge is 0.456 e. The van der Waals surface area contributed by atoms with Gasteiger partial charge < -0.3 is 14.5 Å². The first kappa shape index (κ1) is 17.4. The van der Waals surface area contributed by atoms with Crippen molar-refractivity contribution >= 4 is 23.2 Å². The third kappa shape index (κ3) is 3.11. The molecule has 0 fully saturated rings. The smallest absolute Gasteiger partial charge is 0.433 e. The van der Waals surface area contributed by atoms with E-state index in [4.69, 9.17) is 20.8 Å². The van der Waals surface area contributed by atoms with Crippen molar-refractivity contribution < 1.29 is 27.1 Å². The number of hydrogen-bond donors (Lipinski definition) is 1. The SMILES string of the molecule is CC1OC(C#Cc2ccco2)(C(F)(F)F)c2cc(Cl)ccc2NC1=O. The minimum atomic E-state index is -4.94. The number of rotatable bonds is 0. The number of furan rings is 1. The molecular weight excluding hydrogens is 359 g/mol. The average molecular weight is 370 g/mol. The number of carbonyl (C=O) groups is 1. The first-order chi connectivity index (χ1) is 11.7. The summed E-state index contributed by atoms with van der Waals surface area (Å²) in [6.45, 7) is 1.22. The van der Waals surface area contributed by atoms with Crippen LogP contribution in [0.25, 0.3) is 0 Å². The second-order valence-electron chi connectivity index (χ2n) is 5.35. The van der Waals surface area contributed by atoms with Crippen molar-refractivity contribution in [1.82, 2.24) is 0 Å². The summed E-state index contributed by atoms with van der Waals surface area (Å²) >= 11 is 5.88. The number of hydrogen-bond acceptors (Lipinski definition) is 3. The van der Waals surface area contributed by atoms with Crippen LogP contribution in [0.1, 0.15) is 18.2 Å². The number of amides is 1. The van der Waals surface area contributed by atoms with Crippen molar-refractivity contribution in [2.75, 3.05) is 5.32 Å². The molecule has 1 aliphatic rings. The molecule has 2 atom stereocenters. The summed E-state index contributed by atoms with van der Waals surface area (Å²) in [4.78, 5) is 12.0. The van der Waals surface area contributed by atoms with E-state index in [9.17, 15) is 18.0 Å². The Labute approximate surface area is 145 Å². The Morgan fingerprint density at radius 3 is 2.72 bits per heavy atom. The molecule has 1 aliphatic heterocycles. The number of halogens is 4. The van der Waals surface area contributed by atoms with Gasteiger partial charge in [-0.1, -0.05) is 11.6 Å². The van der Waals surface area contributed by atoms with E-state index in [0.717, 1.165) is 6.07 Å².